The van der Waals surface area contributed by atoms with E-state index in [9.17, 15) is 5.11 Å². The molecular weight excluding hydrogens is 252 g/mol. The number of rotatable bonds is 5. The molecule has 1 aromatic carbocycles. The van der Waals surface area contributed by atoms with E-state index >= 15 is 0 Å². The van der Waals surface area contributed by atoms with Crippen molar-refractivity contribution in [2.75, 3.05) is 6.61 Å². The van der Waals surface area contributed by atoms with Crippen LogP contribution in [-0.4, -0.2) is 30.0 Å². The van der Waals surface area contributed by atoms with E-state index in [2.05, 4.69) is 0 Å². The first-order chi connectivity index (χ1) is 9.70. The molecule has 0 saturated carbocycles. The predicted molar refractivity (Wildman–Crippen MR) is 79.4 cm³/mol. The summed E-state index contributed by atoms with van der Waals surface area (Å²) in [5, 5.41) is 10.1. The minimum Gasteiger partial charge on any atom is -0.393 e. The highest BCUT2D eigenvalue weighted by Crippen LogP contribution is 2.26. The van der Waals surface area contributed by atoms with E-state index in [-0.39, 0.29) is 24.2 Å². The first kappa shape index (κ1) is 15.2. The number of aliphatic hydroxyl groups excluding tert-OH is 1. The molecule has 0 aliphatic carbocycles. The van der Waals surface area contributed by atoms with Crippen LogP contribution in [0.3, 0.4) is 0 Å². The number of benzene rings is 1. The Hall–Kier alpha value is -1.16. The molecule has 1 aliphatic heterocycles. The average Bonchev–Trinajstić information content (AvgIpc) is 2.45. The van der Waals surface area contributed by atoms with Crippen LogP contribution in [0.4, 0.5) is 0 Å². The molecule has 3 nitrogen and oxygen atoms in total. The molecule has 0 radical (unpaired) electrons. The van der Waals surface area contributed by atoms with Gasteiger partial charge in [0.25, 0.3) is 0 Å². The summed E-state index contributed by atoms with van der Waals surface area (Å²) in [4.78, 5) is 0. The van der Waals surface area contributed by atoms with Crippen molar-refractivity contribution in [3.63, 3.8) is 0 Å². The van der Waals surface area contributed by atoms with Gasteiger partial charge in [-0.1, -0.05) is 49.4 Å². The van der Waals surface area contributed by atoms with Crippen LogP contribution >= 0.6 is 0 Å². The lowest BCUT2D eigenvalue weighted by Crippen LogP contribution is -2.43. The van der Waals surface area contributed by atoms with E-state index in [1.165, 1.54) is 0 Å². The van der Waals surface area contributed by atoms with Gasteiger partial charge in [0.15, 0.2) is 0 Å². The summed E-state index contributed by atoms with van der Waals surface area (Å²) in [6.45, 7) is 5.10. The van der Waals surface area contributed by atoms with Crippen LogP contribution in [0.2, 0.25) is 0 Å². The summed E-state index contributed by atoms with van der Waals surface area (Å²) in [6, 6.07) is 10.1. The second kappa shape index (κ2) is 7.58. The topological polar surface area (TPSA) is 38.7 Å². The standard InChI is InChI=1S/C17H24O3/c1-3-7-17-13(2)16(18)10-15(20-17)12-19-11-14-8-5-4-6-9-14/h3-9,13,15-18H,10-12H2,1-2H3/b7-3+/t13-,15+,16+,17+/m0/s1. The highest BCUT2D eigenvalue weighted by Gasteiger charge is 2.33. The van der Waals surface area contributed by atoms with Gasteiger partial charge in [0.05, 0.1) is 31.5 Å². The number of ether oxygens (including phenoxy) is 2. The number of allylic oxidation sites excluding steroid dienone is 1. The molecule has 1 saturated heterocycles. The molecule has 0 amide bonds. The fraction of sp³-hybridized carbons (Fsp3) is 0.529. The monoisotopic (exact) mass is 276 g/mol. The maximum absolute atomic E-state index is 10.1. The van der Waals surface area contributed by atoms with E-state index in [0.29, 0.717) is 19.6 Å². The van der Waals surface area contributed by atoms with Gasteiger partial charge in [-0.05, 0) is 12.5 Å². The lowest BCUT2D eigenvalue weighted by Gasteiger charge is -2.36. The predicted octanol–water partition coefficient (Wildman–Crippen LogP) is 2.93. The minimum atomic E-state index is -0.324. The van der Waals surface area contributed by atoms with Crippen molar-refractivity contribution in [2.45, 2.75) is 45.2 Å². The molecule has 20 heavy (non-hydrogen) atoms. The van der Waals surface area contributed by atoms with Gasteiger partial charge in [0.1, 0.15) is 0 Å². The SMILES string of the molecule is C/C=C/[C@H]1O[C@@H](COCc2ccccc2)C[C@@H](O)[C@@H]1C. The molecule has 2 rings (SSSR count). The quantitative estimate of drug-likeness (QED) is 0.840. The summed E-state index contributed by atoms with van der Waals surface area (Å²) >= 11 is 0. The Kier molecular flexibility index (Phi) is 5.77. The molecule has 1 heterocycles. The molecule has 1 aliphatic rings. The molecule has 1 aromatic rings. The maximum Gasteiger partial charge on any atom is 0.0841 e. The zero-order valence-electron chi connectivity index (χ0n) is 12.2. The van der Waals surface area contributed by atoms with Crippen LogP contribution < -0.4 is 0 Å². The first-order valence-electron chi connectivity index (χ1n) is 7.28. The summed E-state index contributed by atoms with van der Waals surface area (Å²) in [7, 11) is 0. The molecule has 1 fully saturated rings. The zero-order chi connectivity index (χ0) is 14.4. The number of hydrogen-bond donors (Lipinski definition) is 1. The second-order valence-corrected chi connectivity index (χ2v) is 5.41. The molecular formula is C17H24O3. The van der Waals surface area contributed by atoms with E-state index in [1.807, 2.05) is 56.3 Å². The Balaban J connectivity index is 1.81. The Morgan fingerprint density at radius 2 is 2.10 bits per heavy atom. The van der Waals surface area contributed by atoms with Crippen LogP contribution in [0, 0.1) is 5.92 Å². The van der Waals surface area contributed by atoms with E-state index in [1.54, 1.807) is 0 Å². The second-order valence-electron chi connectivity index (χ2n) is 5.41. The van der Waals surface area contributed by atoms with E-state index in [4.69, 9.17) is 9.47 Å². The maximum atomic E-state index is 10.1. The zero-order valence-corrected chi connectivity index (χ0v) is 12.2. The third kappa shape index (κ3) is 4.17. The highest BCUT2D eigenvalue weighted by molar-refractivity contribution is 5.13. The van der Waals surface area contributed by atoms with Gasteiger partial charge in [-0.15, -0.1) is 0 Å². The summed E-state index contributed by atoms with van der Waals surface area (Å²) in [5.74, 6) is 0.136. The molecule has 4 atom stereocenters. The summed E-state index contributed by atoms with van der Waals surface area (Å²) in [6.07, 6.45) is 4.25. The van der Waals surface area contributed by atoms with E-state index < -0.39 is 0 Å². The third-order valence-electron chi connectivity index (χ3n) is 3.78. The van der Waals surface area contributed by atoms with Crippen molar-refractivity contribution in [1.82, 2.24) is 0 Å². The van der Waals surface area contributed by atoms with Gasteiger partial charge in [-0.3, -0.25) is 0 Å². The third-order valence-corrected chi connectivity index (χ3v) is 3.78. The van der Waals surface area contributed by atoms with Gasteiger partial charge in [0, 0.05) is 12.3 Å². The van der Waals surface area contributed by atoms with Crippen molar-refractivity contribution in [1.29, 1.82) is 0 Å². The lowest BCUT2D eigenvalue weighted by atomic mass is 9.90. The van der Waals surface area contributed by atoms with Crippen molar-refractivity contribution < 1.29 is 14.6 Å². The van der Waals surface area contributed by atoms with Crippen molar-refractivity contribution in [2.24, 2.45) is 5.92 Å². The fourth-order valence-electron chi connectivity index (χ4n) is 2.50. The van der Waals surface area contributed by atoms with Crippen LogP contribution in [0.25, 0.3) is 0 Å². The van der Waals surface area contributed by atoms with Crippen molar-refractivity contribution in [3.8, 4) is 0 Å². The van der Waals surface area contributed by atoms with Crippen LogP contribution in [0.5, 0.6) is 0 Å². The van der Waals surface area contributed by atoms with Crippen LogP contribution in [-0.2, 0) is 16.1 Å². The Morgan fingerprint density at radius 1 is 1.35 bits per heavy atom. The molecule has 0 spiro atoms. The molecule has 0 unspecified atom stereocenters. The Morgan fingerprint density at radius 3 is 2.80 bits per heavy atom. The largest absolute Gasteiger partial charge is 0.393 e. The van der Waals surface area contributed by atoms with Gasteiger partial charge >= 0.3 is 0 Å². The van der Waals surface area contributed by atoms with Crippen molar-refractivity contribution in [3.05, 3.63) is 48.0 Å². The first-order valence-corrected chi connectivity index (χ1v) is 7.28. The molecule has 3 heteroatoms. The van der Waals surface area contributed by atoms with Gasteiger partial charge in [-0.25, -0.2) is 0 Å². The smallest absolute Gasteiger partial charge is 0.0841 e. The lowest BCUT2D eigenvalue weighted by molar-refractivity contribution is -0.134. The minimum absolute atomic E-state index is 0.0194. The summed E-state index contributed by atoms with van der Waals surface area (Å²) in [5.41, 5.74) is 1.15. The van der Waals surface area contributed by atoms with Gasteiger partial charge < -0.3 is 14.6 Å². The van der Waals surface area contributed by atoms with Crippen LogP contribution in [0.1, 0.15) is 25.8 Å². The fourth-order valence-corrected chi connectivity index (χ4v) is 2.50. The molecule has 1 N–H and O–H groups in total. The van der Waals surface area contributed by atoms with Crippen molar-refractivity contribution >= 4 is 0 Å². The average molecular weight is 276 g/mol. The van der Waals surface area contributed by atoms with Gasteiger partial charge in [-0.2, -0.15) is 0 Å². The molecule has 110 valence electrons. The highest BCUT2D eigenvalue weighted by atomic mass is 16.5. The summed E-state index contributed by atoms with van der Waals surface area (Å²) < 4.78 is 11.7. The Bertz CT molecular complexity index is 416. The van der Waals surface area contributed by atoms with E-state index in [0.717, 1.165) is 5.56 Å². The van der Waals surface area contributed by atoms with Gasteiger partial charge in [0.2, 0.25) is 0 Å². The number of hydrogen-bond acceptors (Lipinski definition) is 3. The van der Waals surface area contributed by atoms with Crippen LogP contribution in [0.15, 0.2) is 42.5 Å². The number of aliphatic hydroxyl groups is 1. The molecule has 0 aromatic heterocycles. The molecule has 0 bridgehead atoms. The Labute approximate surface area is 121 Å². The normalized spacial score (nSPS) is 30.8.